The number of hydrogen-bond acceptors (Lipinski definition) is 15. The second-order valence-corrected chi connectivity index (χ2v) is 11.3. The minimum absolute atomic E-state index is 0. The Balaban J connectivity index is 0. The average molecular weight is 627 g/mol. The first-order chi connectivity index (χ1) is 16.5. The standard InChI is InChI=1S/C18H19N3O12S3.Cu/c1-11(22)17(18(24)19-12-2-4-13(5-3-12)35(27,28)29)21-20-15-10-14(6-7-16(15)23)34(25,26)9-8-33-36(30,31)32;/h2-7,10,19,23-24H,8-9H2,1H3,(H,27,28,29)(H,30,31,32);/q;+2/p-2/b18-17+,21-20?;. The molecule has 0 bridgehead atoms. The van der Waals surface area contributed by atoms with Crippen LogP contribution in [-0.2, 0) is 56.4 Å². The van der Waals surface area contributed by atoms with Gasteiger partial charge in [0.1, 0.15) is 15.8 Å². The van der Waals surface area contributed by atoms with Crippen molar-refractivity contribution in [2.75, 3.05) is 17.7 Å². The first-order valence-electron chi connectivity index (χ1n) is 9.30. The molecule has 2 rings (SSSR count). The van der Waals surface area contributed by atoms with E-state index in [0.29, 0.717) is 0 Å². The number of carbonyl (C=O) groups excluding carboxylic acids is 1. The van der Waals surface area contributed by atoms with E-state index in [4.69, 9.17) is 0 Å². The van der Waals surface area contributed by atoms with E-state index in [1.54, 1.807) is 0 Å². The van der Waals surface area contributed by atoms with Gasteiger partial charge in [0.05, 0.1) is 27.8 Å². The van der Waals surface area contributed by atoms with Gasteiger partial charge < -0.3 is 24.6 Å². The number of benzene rings is 2. The first kappa shape index (κ1) is 32.1. The molecule has 0 spiro atoms. The fourth-order valence-corrected chi connectivity index (χ4v) is 4.37. The zero-order valence-corrected chi connectivity index (χ0v) is 21.7. The fourth-order valence-electron chi connectivity index (χ4n) is 2.41. The van der Waals surface area contributed by atoms with Gasteiger partial charge in [-0.25, -0.2) is 25.3 Å². The third-order valence-corrected chi connectivity index (χ3v) is 7.06. The Kier molecular flexibility index (Phi) is 10.9. The quantitative estimate of drug-likeness (QED) is 0.0820. The number of rotatable bonds is 11. The molecule has 2 aromatic rings. The third-order valence-electron chi connectivity index (χ3n) is 4.08. The van der Waals surface area contributed by atoms with E-state index in [9.17, 15) is 49.4 Å². The first-order valence-corrected chi connectivity index (χ1v) is 13.7. The molecule has 0 aliphatic heterocycles. The summed E-state index contributed by atoms with van der Waals surface area (Å²) < 4.78 is 92.6. The van der Waals surface area contributed by atoms with Crippen molar-refractivity contribution < 1.29 is 73.5 Å². The number of azo groups is 1. The molecule has 0 saturated heterocycles. The van der Waals surface area contributed by atoms with Crippen LogP contribution in [0.2, 0.25) is 0 Å². The van der Waals surface area contributed by atoms with Crippen LogP contribution in [0.5, 0.6) is 5.75 Å². The largest absolute Gasteiger partial charge is 2.00 e. The molecule has 1 radical (unpaired) electrons. The summed E-state index contributed by atoms with van der Waals surface area (Å²) in [5, 5.41) is 33.5. The van der Waals surface area contributed by atoms with Crippen molar-refractivity contribution in [1.29, 1.82) is 0 Å². The molecular weight excluding hydrogens is 610 g/mol. The fraction of sp³-hybridized carbons (Fsp3) is 0.167. The zero-order chi connectivity index (χ0) is 27.3. The molecule has 0 aliphatic rings. The van der Waals surface area contributed by atoms with Gasteiger partial charge in [0.25, 0.3) is 0 Å². The molecule has 0 heterocycles. The summed E-state index contributed by atoms with van der Waals surface area (Å²) in [5.74, 6) is -3.78. The normalized spacial score (nSPS) is 13.1. The molecule has 0 amide bonds. The molecule has 0 atom stereocenters. The summed E-state index contributed by atoms with van der Waals surface area (Å²) in [5.41, 5.74) is -1.41. The minimum Gasteiger partial charge on any atom is -0.871 e. The minimum atomic E-state index is -5.12. The SMILES string of the molecule is CC(=O)/C(N=Nc1cc(S(=O)(=O)CCOS(=O)(=O)[O-])ccc1[O-])=C(\[O-])Nc1ccc(S(=O)(=O)[O-])cc1.[Cu+2].[H+].[H+]. The van der Waals surface area contributed by atoms with Crippen molar-refractivity contribution in [3.05, 3.63) is 54.0 Å². The van der Waals surface area contributed by atoms with E-state index in [1.807, 2.05) is 0 Å². The molecule has 37 heavy (non-hydrogen) atoms. The second-order valence-electron chi connectivity index (χ2n) is 6.72. The number of Topliss-reactive ketones (excluding diaryl/α,β-unsaturated/α-hetero) is 1. The summed E-state index contributed by atoms with van der Waals surface area (Å²) >= 11 is 0. The smallest absolute Gasteiger partial charge is 0.871 e. The Morgan fingerprint density at radius 1 is 1.00 bits per heavy atom. The topological polar surface area (TPSA) is 258 Å². The van der Waals surface area contributed by atoms with E-state index >= 15 is 0 Å². The summed E-state index contributed by atoms with van der Waals surface area (Å²) in [6.45, 7) is -0.0294. The molecule has 0 unspecified atom stereocenters. The van der Waals surface area contributed by atoms with Crippen LogP contribution in [0.25, 0.3) is 0 Å². The van der Waals surface area contributed by atoms with Gasteiger partial charge >= 0.3 is 19.9 Å². The molecule has 2 aromatic carbocycles. The zero-order valence-electron chi connectivity index (χ0n) is 20.3. The predicted molar refractivity (Wildman–Crippen MR) is 116 cm³/mol. The number of carbonyl (C=O) groups is 1. The van der Waals surface area contributed by atoms with Crippen molar-refractivity contribution in [3.8, 4) is 5.75 Å². The maximum atomic E-state index is 12.4. The Morgan fingerprint density at radius 3 is 2.08 bits per heavy atom. The number of hydrogen-bond donors (Lipinski definition) is 1. The molecule has 0 saturated carbocycles. The van der Waals surface area contributed by atoms with Crippen LogP contribution in [0.3, 0.4) is 0 Å². The Bertz CT molecular complexity index is 1550. The molecule has 205 valence electrons. The molecule has 0 aromatic heterocycles. The number of sulfone groups is 1. The van der Waals surface area contributed by atoms with Crippen molar-refractivity contribution in [1.82, 2.24) is 0 Å². The van der Waals surface area contributed by atoms with Crippen LogP contribution in [0, 0.1) is 0 Å². The number of allylic oxidation sites excluding steroid dienone is 1. The summed E-state index contributed by atoms with van der Waals surface area (Å²) in [4.78, 5) is 10.8. The summed E-state index contributed by atoms with van der Waals surface area (Å²) in [6, 6.07) is 6.42. The second kappa shape index (κ2) is 12.6. The van der Waals surface area contributed by atoms with Gasteiger partial charge in [-0.2, -0.15) is 5.11 Å². The van der Waals surface area contributed by atoms with Gasteiger partial charge in [-0.05, 0) is 42.3 Å². The number of nitrogens with one attached hydrogen (secondary N) is 1. The summed E-state index contributed by atoms with van der Waals surface area (Å²) in [6.07, 6.45) is 0. The van der Waals surface area contributed by atoms with Crippen LogP contribution < -0.4 is 15.5 Å². The molecule has 19 heteroatoms. The van der Waals surface area contributed by atoms with Gasteiger partial charge in [0, 0.05) is 12.6 Å². The maximum absolute atomic E-state index is 12.4. The maximum Gasteiger partial charge on any atom is 2.00 e. The Labute approximate surface area is 225 Å². The molecule has 0 fully saturated rings. The average Bonchev–Trinajstić information content (AvgIpc) is 2.73. The van der Waals surface area contributed by atoms with Gasteiger partial charge in [-0.1, -0.05) is 11.8 Å². The van der Waals surface area contributed by atoms with Gasteiger partial charge in [0.15, 0.2) is 15.6 Å². The number of anilines is 1. The van der Waals surface area contributed by atoms with E-state index in [0.717, 1.165) is 49.4 Å². The summed E-state index contributed by atoms with van der Waals surface area (Å²) in [7, 11) is -14.1. The van der Waals surface area contributed by atoms with E-state index < -0.39 is 81.3 Å². The monoisotopic (exact) mass is 626 g/mol. The molecule has 0 aliphatic carbocycles. The van der Waals surface area contributed by atoms with Gasteiger partial charge in [-0.3, -0.25) is 8.98 Å². The van der Waals surface area contributed by atoms with Crippen molar-refractivity contribution >= 4 is 47.5 Å². The number of nitrogens with zero attached hydrogens (tertiary/aromatic N) is 2. The van der Waals surface area contributed by atoms with Crippen molar-refractivity contribution in [2.45, 2.75) is 16.7 Å². The Morgan fingerprint density at radius 2 is 1.57 bits per heavy atom. The van der Waals surface area contributed by atoms with Crippen molar-refractivity contribution in [2.24, 2.45) is 10.2 Å². The third kappa shape index (κ3) is 9.82. The molecule has 15 nitrogen and oxygen atoms in total. The van der Waals surface area contributed by atoms with Crippen LogP contribution in [-0.4, -0.2) is 52.5 Å². The van der Waals surface area contributed by atoms with E-state index in [2.05, 4.69) is 19.7 Å². The van der Waals surface area contributed by atoms with E-state index in [1.165, 1.54) is 0 Å². The van der Waals surface area contributed by atoms with Crippen molar-refractivity contribution in [3.63, 3.8) is 0 Å². The van der Waals surface area contributed by atoms with Gasteiger partial charge in [0.2, 0.25) is 10.4 Å². The van der Waals surface area contributed by atoms with Crippen LogP contribution in [0.1, 0.15) is 9.78 Å². The molecule has 1 N–H and O–H groups in total. The molecular formula is C18H17CuN3O12S3. The van der Waals surface area contributed by atoms with Crippen LogP contribution in [0.15, 0.2) is 74.1 Å². The van der Waals surface area contributed by atoms with E-state index in [-0.39, 0.29) is 25.6 Å². The Hall–Kier alpha value is -2.90. The van der Waals surface area contributed by atoms with Crippen LogP contribution >= 0.6 is 0 Å². The van der Waals surface area contributed by atoms with Crippen LogP contribution in [0.4, 0.5) is 11.4 Å². The van der Waals surface area contributed by atoms with Gasteiger partial charge in [-0.15, -0.1) is 5.11 Å². The number of ketones is 1. The predicted octanol–water partition coefficient (Wildman–Crippen LogP) is -0.548.